The highest BCUT2D eigenvalue weighted by Gasteiger charge is 2.40. The maximum Gasteiger partial charge on any atom is 0.331 e. The Labute approximate surface area is 142 Å². The molecule has 134 valence electrons. The van der Waals surface area contributed by atoms with E-state index in [1.54, 1.807) is 27.7 Å². The van der Waals surface area contributed by atoms with E-state index in [-0.39, 0.29) is 19.0 Å². The number of rotatable bonds is 4. The van der Waals surface area contributed by atoms with Gasteiger partial charge in [0, 0.05) is 6.61 Å². The Balaban J connectivity index is 2.30. The highest BCUT2D eigenvalue weighted by Crippen LogP contribution is 2.22. The zero-order chi connectivity index (χ0) is 18.1. The van der Waals surface area contributed by atoms with Crippen LogP contribution in [0.5, 0.6) is 0 Å². The third kappa shape index (κ3) is 3.92. The summed E-state index contributed by atoms with van der Waals surface area (Å²) in [5.74, 6) is 0.686. The molecule has 2 rings (SSSR count). The van der Waals surface area contributed by atoms with Gasteiger partial charge in [-0.05, 0) is 41.5 Å². The van der Waals surface area contributed by atoms with Crippen LogP contribution in [0.4, 0.5) is 0 Å². The van der Waals surface area contributed by atoms with Gasteiger partial charge in [-0.25, -0.2) is 4.79 Å². The molecule has 0 bridgehead atoms. The largest absolute Gasteiger partial charge is 0.458 e. The molecule has 2 atom stereocenters. The maximum absolute atomic E-state index is 12.7. The smallest absolute Gasteiger partial charge is 0.331 e. The summed E-state index contributed by atoms with van der Waals surface area (Å²) in [5, 5.41) is 8.12. The van der Waals surface area contributed by atoms with Crippen LogP contribution in [0.1, 0.15) is 46.3 Å². The lowest BCUT2D eigenvalue weighted by Gasteiger charge is -2.37. The first-order chi connectivity index (χ1) is 11.1. The Morgan fingerprint density at radius 1 is 1.33 bits per heavy atom. The second-order valence-electron chi connectivity index (χ2n) is 6.89. The number of aromatic nitrogens is 3. The monoisotopic (exact) mass is 338 g/mol. The molecule has 0 saturated heterocycles. The molecule has 0 aromatic carbocycles. The Kier molecular flexibility index (Phi) is 5.27. The Morgan fingerprint density at radius 3 is 2.58 bits per heavy atom. The Morgan fingerprint density at radius 2 is 2.00 bits per heavy atom. The normalized spacial score (nSPS) is 18.9. The van der Waals surface area contributed by atoms with E-state index in [2.05, 4.69) is 10.2 Å². The summed E-state index contributed by atoms with van der Waals surface area (Å²) >= 11 is 0. The van der Waals surface area contributed by atoms with Crippen molar-refractivity contribution in [3.8, 4) is 0 Å². The summed E-state index contributed by atoms with van der Waals surface area (Å²) in [6.07, 6.45) is -0.629. The molecule has 0 spiro atoms. The molecule has 1 aromatic rings. The Bertz CT molecular complexity index is 620. The molecule has 1 aromatic heterocycles. The topological polar surface area (TPSA) is 86.5 Å². The minimum atomic E-state index is -0.721. The van der Waals surface area contributed by atoms with Gasteiger partial charge in [0.25, 0.3) is 5.91 Å². The van der Waals surface area contributed by atoms with Crippen molar-refractivity contribution >= 4 is 11.9 Å². The van der Waals surface area contributed by atoms with Gasteiger partial charge >= 0.3 is 5.97 Å². The van der Waals surface area contributed by atoms with Crippen molar-refractivity contribution < 1.29 is 19.1 Å². The fourth-order valence-corrected chi connectivity index (χ4v) is 2.67. The predicted molar refractivity (Wildman–Crippen MR) is 86.0 cm³/mol. The molecular weight excluding hydrogens is 312 g/mol. The molecule has 0 saturated carbocycles. The second kappa shape index (κ2) is 6.88. The minimum absolute atomic E-state index is 0.209. The molecule has 1 aliphatic heterocycles. The van der Waals surface area contributed by atoms with Crippen LogP contribution in [0.2, 0.25) is 0 Å². The van der Waals surface area contributed by atoms with E-state index in [0.717, 1.165) is 0 Å². The third-order valence-electron chi connectivity index (χ3n) is 3.78. The van der Waals surface area contributed by atoms with Crippen molar-refractivity contribution in [1.82, 2.24) is 19.7 Å². The van der Waals surface area contributed by atoms with Crippen molar-refractivity contribution in [2.75, 3.05) is 6.61 Å². The molecule has 24 heavy (non-hydrogen) atoms. The van der Waals surface area contributed by atoms with Crippen LogP contribution >= 0.6 is 0 Å². The number of carbonyl (C=O) groups excluding carboxylic acids is 2. The number of hydrogen-bond donors (Lipinski definition) is 0. The summed E-state index contributed by atoms with van der Waals surface area (Å²) in [5.41, 5.74) is -0.625. The number of fused-ring (bicyclic) bond motifs is 1. The number of aryl methyl sites for hydroxylation is 1. The lowest BCUT2D eigenvalue weighted by atomic mass is 10.1. The highest BCUT2D eigenvalue weighted by molar-refractivity contribution is 5.87. The summed E-state index contributed by atoms with van der Waals surface area (Å²) in [6, 6.07) is -0.721. The van der Waals surface area contributed by atoms with E-state index >= 15 is 0 Å². The van der Waals surface area contributed by atoms with Crippen molar-refractivity contribution in [2.45, 2.75) is 72.4 Å². The molecule has 0 radical (unpaired) electrons. The summed E-state index contributed by atoms with van der Waals surface area (Å²) in [4.78, 5) is 26.8. The van der Waals surface area contributed by atoms with Crippen LogP contribution in [0.25, 0.3) is 0 Å². The molecule has 0 unspecified atom stereocenters. The Hall–Kier alpha value is -1.96. The van der Waals surface area contributed by atoms with Crippen LogP contribution in [0.15, 0.2) is 0 Å². The number of amides is 1. The molecule has 2 heterocycles. The first kappa shape index (κ1) is 18.4. The van der Waals surface area contributed by atoms with Crippen molar-refractivity contribution in [1.29, 1.82) is 0 Å². The molecule has 0 N–H and O–H groups in total. The average Bonchev–Trinajstić information content (AvgIpc) is 2.84. The van der Waals surface area contributed by atoms with Crippen LogP contribution in [-0.4, -0.2) is 55.9 Å². The van der Waals surface area contributed by atoms with E-state index in [1.165, 1.54) is 4.90 Å². The number of carbonyl (C=O) groups is 2. The fourth-order valence-electron chi connectivity index (χ4n) is 2.67. The summed E-state index contributed by atoms with van der Waals surface area (Å²) in [6.45, 7) is 11.7. The first-order valence-corrected chi connectivity index (χ1v) is 8.17. The van der Waals surface area contributed by atoms with Crippen LogP contribution in [0, 0.1) is 6.92 Å². The summed E-state index contributed by atoms with van der Waals surface area (Å²) < 4.78 is 12.7. The highest BCUT2D eigenvalue weighted by atomic mass is 16.6. The van der Waals surface area contributed by atoms with Gasteiger partial charge in [0.2, 0.25) is 0 Å². The lowest BCUT2D eigenvalue weighted by Crippen LogP contribution is -2.54. The number of hydrogen-bond acceptors (Lipinski definition) is 6. The summed E-state index contributed by atoms with van der Waals surface area (Å²) in [7, 11) is 0. The molecule has 8 nitrogen and oxygen atoms in total. The minimum Gasteiger partial charge on any atom is -0.458 e. The standard InChI is InChI=1S/C16H26N4O4/c1-7-23-10(2)14(21)20-9-13-18-17-11(3)19(13)8-12(20)15(22)24-16(4,5)6/h10,12H,7-9H2,1-6H3/t10-,12-/m1/s1. The van der Waals surface area contributed by atoms with Crippen molar-refractivity contribution in [3.63, 3.8) is 0 Å². The van der Waals surface area contributed by atoms with Gasteiger partial charge in [0.05, 0.1) is 13.1 Å². The maximum atomic E-state index is 12.7. The van der Waals surface area contributed by atoms with Crippen molar-refractivity contribution in [3.05, 3.63) is 11.6 Å². The number of nitrogens with zero attached hydrogens (tertiary/aromatic N) is 4. The lowest BCUT2D eigenvalue weighted by molar-refractivity contribution is -0.169. The molecule has 0 fully saturated rings. The number of ether oxygens (including phenoxy) is 2. The van der Waals surface area contributed by atoms with E-state index in [4.69, 9.17) is 9.47 Å². The first-order valence-electron chi connectivity index (χ1n) is 8.17. The SMILES string of the molecule is CCO[C@H](C)C(=O)N1Cc2nnc(C)n2C[C@@H]1C(=O)OC(C)(C)C. The van der Waals surface area contributed by atoms with Gasteiger partial charge in [-0.2, -0.15) is 0 Å². The molecule has 1 amide bonds. The van der Waals surface area contributed by atoms with E-state index in [0.29, 0.717) is 18.3 Å². The molecule has 8 heteroatoms. The quantitative estimate of drug-likeness (QED) is 0.763. The second-order valence-corrected chi connectivity index (χ2v) is 6.89. The van der Waals surface area contributed by atoms with Crippen LogP contribution in [0.3, 0.4) is 0 Å². The zero-order valence-electron chi connectivity index (χ0n) is 15.2. The van der Waals surface area contributed by atoms with Gasteiger partial charge in [-0.15, -0.1) is 10.2 Å². The zero-order valence-corrected chi connectivity index (χ0v) is 15.2. The van der Waals surface area contributed by atoms with Crippen molar-refractivity contribution in [2.24, 2.45) is 0 Å². The fraction of sp³-hybridized carbons (Fsp3) is 0.750. The van der Waals surface area contributed by atoms with Gasteiger partial charge in [-0.1, -0.05) is 0 Å². The third-order valence-corrected chi connectivity index (χ3v) is 3.78. The van der Waals surface area contributed by atoms with E-state index < -0.39 is 23.7 Å². The van der Waals surface area contributed by atoms with Gasteiger partial charge < -0.3 is 18.9 Å². The van der Waals surface area contributed by atoms with Crippen LogP contribution in [-0.2, 0) is 32.2 Å². The van der Waals surface area contributed by atoms with Gasteiger partial charge in [-0.3, -0.25) is 4.79 Å². The predicted octanol–water partition coefficient (Wildman–Crippen LogP) is 1.06. The van der Waals surface area contributed by atoms with Crippen LogP contribution < -0.4 is 0 Å². The molecule has 0 aliphatic carbocycles. The molecular formula is C16H26N4O4. The number of esters is 1. The molecule has 1 aliphatic rings. The van der Waals surface area contributed by atoms with E-state index in [1.807, 2.05) is 18.4 Å². The average molecular weight is 338 g/mol. The van der Waals surface area contributed by atoms with E-state index in [9.17, 15) is 9.59 Å². The van der Waals surface area contributed by atoms with Gasteiger partial charge in [0.15, 0.2) is 5.82 Å². The van der Waals surface area contributed by atoms with Gasteiger partial charge in [0.1, 0.15) is 23.6 Å².